The number of ether oxygens (including phenoxy) is 4. The molecule has 1 aliphatic carbocycles. The minimum atomic E-state index is -0.444. The Morgan fingerprint density at radius 1 is 1.00 bits per heavy atom. The number of hydrogen-bond acceptors (Lipinski definition) is 6. The van der Waals surface area contributed by atoms with Crippen LogP contribution >= 0.6 is 0 Å². The van der Waals surface area contributed by atoms with Gasteiger partial charge in [-0.15, -0.1) is 0 Å². The zero-order chi connectivity index (χ0) is 23.9. The molecule has 0 aliphatic heterocycles. The number of methoxy groups -OCH3 is 3. The third-order valence-corrected chi connectivity index (χ3v) is 3.96. The van der Waals surface area contributed by atoms with Gasteiger partial charge in [0.25, 0.3) is 0 Å². The van der Waals surface area contributed by atoms with Gasteiger partial charge in [-0.25, -0.2) is 0 Å². The molecular formula is C21H23FeNO8. The van der Waals surface area contributed by atoms with Crippen molar-refractivity contribution in [3.63, 3.8) is 0 Å². The summed E-state index contributed by atoms with van der Waals surface area (Å²) in [5.41, 5.74) is 8.11. The average molecular weight is 473 g/mol. The molecule has 1 aromatic carbocycles. The Labute approximate surface area is 192 Å². The Hall–Kier alpha value is -2.89. The maximum absolute atomic E-state index is 11.6. The van der Waals surface area contributed by atoms with E-state index < -0.39 is 5.97 Å². The van der Waals surface area contributed by atoms with Crippen LogP contribution in [0.1, 0.15) is 30.4 Å². The van der Waals surface area contributed by atoms with Gasteiger partial charge in [0.1, 0.15) is 11.5 Å². The van der Waals surface area contributed by atoms with Crippen LogP contribution in [0.4, 0.5) is 5.69 Å². The van der Waals surface area contributed by atoms with E-state index in [0.29, 0.717) is 40.5 Å². The van der Waals surface area contributed by atoms with Crippen molar-refractivity contribution < 1.29 is 54.8 Å². The van der Waals surface area contributed by atoms with Crippen molar-refractivity contribution in [2.45, 2.75) is 26.2 Å². The summed E-state index contributed by atoms with van der Waals surface area (Å²) in [7, 11) is 4.67. The van der Waals surface area contributed by atoms with Crippen LogP contribution in [0.15, 0.2) is 24.0 Å². The molecule has 0 fully saturated rings. The molecule has 10 heteroatoms. The number of benzene rings is 1. The Morgan fingerprint density at radius 3 is 1.94 bits per heavy atom. The standard InChI is InChI=1S/C18H23NO5.3CO.Fe/c1-10-16(22-4)15(19)14(12-7-6-8-13(9-12)21-3)18(17(10)23-5)24-11(2)20;3*1-2;/h6,8-9,12H,7,19H2,1-5H3;;;;. The van der Waals surface area contributed by atoms with Gasteiger partial charge in [0, 0.05) is 41.0 Å². The zero-order valence-corrected chi connectivity index (χ0v) is 18.8. The fraction of sp³-hybridized carbons (Fsp3) is 0.333. The quantitative estimate of drug-likeness (QED) is 0.174. The molecule has 0 aromatic heterocycles. The smallest absolute Gasteiger partial charge is 0 e. The van der Waals surface area contributed by atoms with Gasteiger partial charge in [0.15, 0.2) is 11.5 Å². The van der Waals surface area contributed by atoms with Crippen LogP contribution in [0.2, 0.25) is 0 Å². The van der Waals surface area contributed by atoms with E-state index in [0.717, 1.165) is 5.76 Å². The molecular weight excluding hydrogens is 450 g/mol. The Bertz CT molecular complexity index is 826. The van der Waals surface area contributed by atoms with E-state index in [9.17, 15) is 4.79 Å². The van der Waals surface area contributed by atoms with Crippen LogP contribution in [0.25, 0.3) is 0 Å². The SMILES string of the molecule is COC1=CC(c2c(N)c(OC)c(C)c(OC)c2OC(C)=O)CC=C1.[C-]#[O+].[C-]#[O+].[C-]#[O+].[Fe]. The maximum atomic E-state index is 11.6. The fourth-order valence-electron chi connectivity index (χ4n) is 2.95. The molecule has 1 aliphatic rings. The second-order valence-corrected chi connectivity index (χ2v) is 5.46. The van der Waals surface area contributed by atoms with Crippen LogP contribution < -0.4 is 19.9 Å². The van der Waals surface area contributed by atoms with Gasteiger partial charge >= 0.3 is 39.9 Å². The summed E-state index contributed by atoms with van der Waals surface area (Å²) in [6, 6.07) is 0. The molecule has 2 N–H and O–H groups in total. The van der Waals surface area contributed by atoms with E-state index in [-0.39, 0.29) is 23.0 Å². The molecule has 0 amide bonds. The number of anilines is 1. The molecule has 9 nitrogen and oxygen atoms in total. The predicted molar refractivity (Wildman–Crippen MR) is 103 cm³/mol. The number of hydrogen-bond donors (Lipinski definition) is 1. The van der Waals surface area contributed by atoms with Crippen LogP contribution in [0.3, 0.4) is 0 Å². The third kappa shape index (κ3) is 8.40. The summed E-state index contributed by atoms with van der Waals surface area (Å²) in [4.78, 5) is 11.6. The van der Waals surface area contributed by atoms with E-state index in [4.69, 9.17) is 38.6 Å². The van der Waals surface area contributed by atoms with Crippen molar-refractivity contribution >= 4 is 11.7 Å². The van der Waals surface area contributed by atoms with E-state index in [1.54, 1.807) is 14.2 Å². The van der Waals surface area contributed by atoms with Crippen molar-refractivity contribution in [1.29, 1.82) is 0 Å². The molecule has 0 saturated heterocycles. The number of carbonyl (C=O) groups is 1. The summed E-state index contributed by atoms with van der Waals surface area (Å²) in [6.45, 7) is 16.7. The van der Waals surface area contributed by atoms with Crippen molar-refractivity contribution in [1.82, 2.24) is 0 Å². The molecule has 2 rings (SSSR count). The predicted octanol–water partition coefficient (Wildman–Crippen LogP) is 2.98. The molecule has 168 valence electrons. The number of carbonyl (C=O) groups excluding carboxylic acids is 1. The summed E-state index contributed by atoms with van der Waals surface area (Å²) in [6.07, 6.45) is 6.51. The van der Waals surface area contributed by atoms with Gasteiger partial charge in [-0.1, -0.05) is 6.08 Å². The summed E-state index contributed by atoms with van der Waals surface area (Å²) in [5.74, 6) is 1.43. The average Bonchev–Trinajstić information content (AvgIpc) is 2.78. The molecule has 1 unspecified atom stereocenters. The van der Waals surface area contributed by atoms with E-state index >= 15 is 0 Å². The zero-order valence-electron chi connectivity index (χ0n) is 17.7. The van der Waals surface area contributed by atoms with Gasteiger partial charge in [0.2, 0.25) is 0 Å². The van der Waals surface area contributed by atoms with Crippen molar-refractivity contribution in [2.24, 2.45) is 0 Å². The van der Waals surface area contributed by atoms with Gasteiger partial charge in [-0.3, -0.25) is 4.79 Å². The summed E-state index contributed by atoms with van der Waals surface area (Å²) < 4.78 is 44.2. The minimum Gasteiger partial charge on any atom is 0 e. The first-order chi connectivity index (χ1) is 14.4. The molecule has 0 bridgehead atoms. The molecule has 1 atom stereocenters. The van der Waals surface area contributed by atoms with Gasteiger partial charge < -0.3 is 24.7 Å². The topological polar surface area (TPSA) is 140 Å². The Morgan fingerprint density at radius 2 is 1.52 bits per heavy atom. The summed E-state index contributed by atoms with van der Waals surface area (Å²) in [5, 5.41) is 0. The van der Waals surface area contributed by atoms with Crippen molar-refractivity contribution in [3.05, 3.63) is 55.1 Å². The molecule has 1 aromatic rings. The third-order valence-electron chi connectivity index (χ3n) is 3.96. The van der Waals surface area contributed by atoms with Gasteiger partial charge in [-0.05, 0) is 25.5 Å². The Balaban J connectivity index is -0.00000103. The maximum Gasteiger partial charge on any atom is 0 e. The van der Waals surface area contributed by atoms with Crippen LogP contribution in [0, 0.1) is 26.9 Å². The second-order valence-electron chi connectivity index (χ2n) is 5.46. The van der Waals surface area contributed by atoms with Crippen molar-refractivity contribution in [2.75, 3.05) is 27.1 Å². The molecule has 0 spiro atoms. The molecule has 0 saturated carbocycles. The number of nitrogen functional groups attached to an aromatic ring is 1. The van der Waals surface area contributed by atoms with Gasteiger partial charge in [-0.2, -0.15) is 0 Å². The van der Waals surface area contributed by atoms with Crippen molar-refractivity contribution in [3.8, 4) is 17.2 Å². The molecule has 31 heavy (non-hydrogen) atoms. The summed E-state index contributed by atoms with van der Waals surface area (Å²) >= 11 is 0. The van der Waals surface area contributed by atoms with Crippen LogP contribution in [-0.2, 0) is 40.6 Å². The first-order valence-electron chi connectivity index (χ1n) is 8.20. The minimum absolute atomic E-state index is 0. The number of nitrogens with two attached hydrogens (primary N) is 1. The largest absolute Gasteiger partial charge is 0 e. The van der Waals surface area contributed by atoms with Gasteiger partial charge in [0.05, 0.1) is 27.0 Å². The number of rotatable bonds is 5. The first kappa shape index (κ1) is 32.8. The fourth-order valence-corrected chi connectivity index (χ4v) is 2.95. The molecule has 0 radical (unpaired) electrons. The van der Waals surface area contributed by atoms with E-state index in [1.807, 2.05) is 25.2 Å². The van der Waals surface area contributed by atoms with Crippen LogP contribution in [-0.4, -0.2) is 27.3 Å². The number of allylic oxidation sites excluding steroid dienone is 3. The van der Waals surface area contributed by atoms with E-state index in [1.165, 1.54) is 14.0 Å². The van der Waals surface area contributed by atoms with E-state index in [2.05, 4.69) is 20.0 Å². The normalized spacial score (nSPS) is 12.9. The second kappa shape index (κ2) is 17.9. The Kier molecular flexibility index (Phi) is 18.9. The monoisotopic (exact) mass is 473 g/mol. The molecule has 0 heterocycles. The first-order valence-corrected chi connectivity index (χ1v) is 8.20. The number of esters is 1. The van der Waals surface area contributed by atoms with Crippen LogP contribution in [0.5, 0.6) is 17.2 Å².